The summed E-state index contributed by atoms with van der Waals surface area (Å²) in [4.78, 5) is 10.2. The van der Waals surface area contributed by atoms with Gasteiger partial charge in [-0.3, -0.25) is 0 Å². The SMILES string of the molecule is O=C(O)c1ccc(O)cc1.Oc1cc([C@@H]2CCc3c(O)cccc3O2)cc(O)c1O. The molecule has 1 aliphatic heterocycles. The molecule has 156 valence electrons. The van der Waals surface area contributed by atoms with Gasteiger partial charge in [0.05, 0.1) is 5.56 Å². The number of aromatic hydroxyl groups is 5. The summed E-state index contributed by atoms with van der Waals surface area (Å²) in [5.41, 5.74) is 1.51. The van der Waals surface area contributed by atoms with E-state index in [4.69, 9.17) is 14.9 Å². The number of carbonyl (C=O) groups is 1. The van der Waals surface area contributed by atoms with Gasteiger partial charge in [-0.2, -0.15) is 0 Å². The Kier molecular flexibility index (Phi) is 5.87. The highest BCUT2D eigenvalue weighted by Crippen LogP contribution is 2.43. The van der Waals surface area contributed by atoms with Crippen LogP contribution in [0.5, 0.6) is 34.5 Å². The first-order valence-electron chi connectivity index (χ1n) is 9.01. The van der Waals surface area contributed by atoms with Crippen molar-refractivity contribution in [3.05, 3.63) is 71.3 Å². The van der Waals surface area contributed by atoms with Crippen LogP contribution in [0.4, 0.5) is 0 Å². The van der Waals surface area contributed by atoms with Crippen LogP contribution >= 0.6 is 0 Å². The summed E-state index contributed by atoms with van der Waals surface area (Å²) >= 11 is 0. The molecule has 1 atom stereocenters. The Hall–Kier alpha value is -4.07. The van der Waals surface area contributed by atoms with Gasteiger partial charge in [0.15, 0.2) is 17.2 Å². The third-order valence-electron chi connectivity index (χ3n) is 4.61. The summed E-state index contributed by atoms with van der Waals surface area (Å²) in [5.74, 6) is -1.42. The van der Waals surface area contributed by atoms with Gasteiger partial charge in [0.2, 0.25) is 0 Å². The van der Waals surface area contributed by atoms with E-state index in [1.807, 2.05) is 0 Å². The summed E-state index contributed by atoms with van der Waals surface area (Å²) in [6, 6.07) is 13.2. The van der Waals surface area contributed by atoms with E-state index < -0.39 is 11.7 Å². The van der Waals surface area contributed by atoms with Crippen LogP contribution in [0.3, 0.4) is 0 Å². The van der Waals surface area contributed by atoms with Crippen molar-refractivity contribution in [2.45, 2.75) is 18.9 Å². The van der Waals surface area contributed by atoms with Gasteiger partial charge in [-0.25, -0.2) is 4.79 Å². The number of carboxylic acid groups (broad SMARTS) is 1. The quantitative estimate of drug-likeness (QED) is 0.349. The average molecular weight is 412 g/mol. The van der Waals surface area contributed by atoms with Gasteiger partial charge in [0, 0.05) is 5.56 Å². The molecule has 0 radical (unpaired) electrons. The molecule has 0 spiro atoms. The second-order valence-corrected chi connectivity index (χ2v) is 6.66. The minimum absolute atomic E-state index is 0.0741. The Labute approximate surface area is 171 Å². The summed E-state index contributed by atoms with van der Waals surface area (Å²) < 4.78 is 5.78. The van der Waals surface area contributed by atoms with Gasteiger partial charge in [-0.15, -0.1) is 0 Å². The maximum Gasteiger partial charge on any atom is 0.335 e. The lowest BCUT2D eigenvalue weighted by Crippen LogP contribution is -2.15. The van der Waals surface area contributed by atoms with Gasteiger partial charge < -0.3 is 35.4 Å². The number of fused-ring (bicyclic) bond motifs is 1. The largest absolute Gasteiger partial charge is 0.508 e. The second-order valence-electron chi connectivity index (χ2n) is 6.66. The van der Waals surface area contributed by atoms with Gasteiger partial charge in [-0.05, 0) is 66.9 Å². The number of benzene rings is 3. The Morgan fingerprint density at radius 1 is 0.867 bits per heavy atom. The van der Waals surface area contributed by atoms with Crippen LogP contribution < -0.4 is 4.74 Å². The fourth-order valence-corrected chi connectivity index (χ4v) is 3.05. The second kappa shape index (κ2) is 8.52. The molecule has 0 bridgehead atoms. The molecule has 0 saturated carbocycles. The first kappa shape index (κ1) is 20.7. The Balaban J connectivity index is 0.000000216. The number of ether oxygens (including phenoxy) is 1. The van der Waals surface area contributed by atoms with E-state index in [9.17, 15) is 25.2 Å². The third kappa shape index (κ3) is 4.49. The van der Waals surface area contributed by atoms with Crippen LogP contribution in [-0.2, 0) is 6.42 Å². The summed E-state index contributed by atoms with van der Waals surface area (Å²) in [5, 5.41) is 55.3. The van der Waals surface area contributed by atoms with Crippen LogP contribution in [0.25, 0.3) is 0 Å². The molecule has 0 saturated heterocycles. The van der Waals surface area contributed by atoms with E-state index in [0.717, 1.165) is 5.56 Å². The van der Waals surface area contributed by atoms with Gasteiger partial charge in [-0.1, -0.05) is 6.07 Å². The number of hydrogen-bond acceptors (Lipinski definition) is 7. The molecule has 4 rings (SSSR count). The molecule has 8 nitrogen and oxygen atoms in total. The molecular weight excluding hydrogens is 392 g/mol. The van der Waals surface area contributed by atoms with E-state index >= 15 is 0 Å². The lowest BCUT2D eigenvalue weighted by atomic mass is 9.96. The number of phenolic OH excluding ortho intramolecular Hbond substituents is 5. The normalized spacial score (nSPS) is 14.6. The first-order chi connectivity index (χ1) is 14.3. The van der Waals surface area contributed by atoms with Crippen molar-refractivity contribution in [2.24, 2.45) is 0 Å². The van der Waals surface area contributed by atoms with Crippen molar-refractivity contribution in [1.29, 1.82) is 0 Å². The molecule has 3 aromatic rings. The fourth-order valence-electron chi connectivity index (χ4n) is 3.05. The van der Waals surface area contributed by atoms with E-state index in [1.54, 1.807) is 18.2 Å². The topological polar surface area (TPSA) is 148 Å². The van der Waals surface area contributed by atoms with Crippen LogP contribution in [0, 0.1) is 0 Å². The lowest BCUT2D eigenvalue weighted by molar-refractivity contribution is 0.0697. The molecule has 0 fully saturated rings. The molecule has 0 unspecified atom stereocenters. The van der Waals surface area contributed by atoms with E-state index in [0.29, 0.717) is 24.2 Å². The molecule has 3 aromatic carbocycles. The number of rotatable bonds is 2. The Bertz CT molecular complexity index is 1040. The van der Waals surface area contributed by atoms with Crippen LogP contribution in [-0.4, -0.2) is 36.6 Å². The number of hydrogen-bond donors (Lipinski definition) is 6. The highest BCUT2D eigenvalue weighted by Gasteiger charge is 2.25. The third-order valence-corrected chi connectivity index (χ3v) is 4.61. The first-order valence-corrected chi connectivity index (χ1v) is 9.01. The zero-order valence-corrected chi connectivity index (χ0v) is 15.7. The minimum Gasteiger partial charge on any atom is -0.508 e. The molecule has 30 heavy (non-hydrogen) atoms. The van der Waals surface area contributed by atoms with Crippen molar-refractivity contribution < 1.29 is 40.2 Å². The van der Waals surface area contributed by atoms with Crippen LogP contribution in [0.1, 0.15) is 34.0 Å². The van der Waals surface area contributed by atoms with Gasteiger partial charge >= 0.3 is 5.97 Å². The summed E-state index contributed by atoms with van der Waals surface area (Å²) in [7, 11) is 0. The minimum atomic E-state index is -0.986. The van der Waals surface area contributed by atoms with Crippen LogP contribution in [0.15, 0.2) is 54.6 Å². The van der Waals surface area contributed by atoms with Crippen molar-refractivity contribution >= 4 is 5.97 Å². The predicted octanol–water partition coefficient (Wildman–Crippen LogP) is 3.67. The number of carboxylic acids is 1. The molecule has 0 aromatic heterocycles. The molecule has 0 amide bonds. The smallest absolute Gasteiger partial charge is 0.335 e. The van der Waals surface area contributed by atoms with E-state index in [-0.39, 0.29) is 34.7 Å². The van der Waals surface area contributed by atoms with Crippen LogP contribution in [0.2, 0.25) is 0 Å². The fraction of sp³-hybridized carbons (Fsp3) is 0.136. The molecule has 0 aliphatic carbocycles. The Morgan fingerprint density at radius 3 is 2.10 bits per heavy atom. The van der Waals surface area contributed by atoms with Crippen molar-refractivity contribution in [3.8, 4) is 34.5 Å². The van der Waals surface area contributed by atoms with Gasteiger partial charge in [0.25, 0.3) is 0 Å². The molecule has 8 heteroatoms. The standard InChI is InChI=1S/C15H14O5.C7H6O3/c16-10-2-1-3-14-9(10)4-5-13(20-14)8-6-11(17)15(19)12(18)7-8;8-6-3-1-5(2-4-6)7(9)10/h1-3,6-7,13,16-19H,4-5H2;1-4,8H,(H,9,10)/t13-;/m0./s1. The zero-order chi connectivity index (χ0) is 21.8. The maximum atomic E-state index is 10.2. The monoisotopic (exact) mass is 412 g/mol. The predicted molar refractivity (Wildman–Crippen MR) is 106 cm³/mol. The zero-order valence-electron chi connectivity index (χ0n) is 15.7. The van der Waals surface area contributed by atoms with E-state index in [2.05, 4.69) is 0 Å². The van der Waals surface area contributed by atoms with Crippen molar-refractivity contribution in [3.63, 3.8) is 0 Å². The molecule has 6 N–H and O–H groups in total. The highest BCUT2D eigenvalue weighted by molar-refractivity contribution is 5.87. The molecule has 1 aliphatic rings. The van der Waals surface area contributed by atoms with Crippen molar-refractivity contribution in [1.82, 2.24) is 0 Å². The van der Waals surface area contributed by atoms with Gasteiger partial charge in [0.1, 0.15) is 23.4 Å². The highest BCUT2D eigenvalue weighted by atomic mass is 16.5. The van der Waals surface area contributed by atoms with E-state index in [1.165, 1.54) is 36.4 Å². The summed E-state index contributed by atoms with van der Waals surface area (Å²) in [6.45, 7) is 0. The number of phenols is 5. The Morgan fingerprint density at radius 2 is 1.50 bits per heavy atom. The number of aromatic carboxylic acids is 1. The average Bonchev–Trinajstić information content (AvgIpc) is 2.72. The molecule has 1 heterocycles. The lowest BCUT2D eigenvalue weighted by Gasteiger charge is -2.27. The molecular formula is C22H20O8. The van der Waals surface area contributed by atoms with Crippen molar-refractivity contribution in [2.75, 3.05) is 0 Å². The summed E-state index contributed by atoms with van der Waals surface area (Å²) in [6.07, 6.45) is 0.894. The maximum absolute atomic E-state index is 10.2.